The van der Waals surface area contributed by atoms with E-state index in [1.807, 2.05) is 47.4 Å². The van der Waals surface area contributed by atoms with E-state index in [4.69, 9.17) is 9.15 Å². The third-order valence-electron chi connectivity index (χ3n) is 5.86. The molecular formula is C26H31N3O3. The molecule has 1 aliphatic heterocycles. The van der Waals surface area contributed by atoms with Gasteiger partial charge in [-0.15, -0.1) is 0 Å². The molecule has 1 saturated heterocycles. The minimum absolute atomic E-state index is 0.177. The van der Waals surface area contributed by atoms with Crippen molar-refractivity contribution in [2.75, 3.05) is 39.8 Å². The molecule has 0 bridgehead atoms. The lowest BCUT2D eigenvalue weighted by molar-refractivity contribution is -0.134. The smallest absolute Gasteiger partial charge is 0.236 e. The number of hydrogen-bond acceptors (Lipinski definition) is 5. The van der Waals surface area contributed by atoms with Crippen LogP contribution in [0.15, 0.2) is 77.4 Å². The highest BCUT2D eigenvalue weighted by atomic mass is 16.5. The molecule has 6 nitrogen and oxygen atoms in total. The number of piperazine rings is 1. The minimum atomic E-state index is 0.177. The average molecular weight is 434 g/mol. The van der Waals surface area contributed by atoms with Crippen LogP contribution in [0.5, 0.6) is 5.75 Å². The van der Waals surface area contributed by atoms with Crippen molar-refractivity contribution in [1.82, 2.24) is 14.7 Å². The molecule has 4 rings (SSSR count). The number of amides is 1. The normalized spacial score (nSPS) is 14.6. The molecule has 1 aliphatic rings. The Bertz CT molecular complexity index is 950. The first-order valence-corrected chi connectivity index (χ1v) is 11.1. The Morgan fingerprint density at radius 1 is 0.906 bits per heavy atom. The Morgan fingerprint density at radius 3 is 2.31 bits per heavy atom. The fraction of sp³-hybridized carbons (Fsp3) is 0.346. The zero-order chi connectivity index (χ0) is 22.2. The van der Waals surface area contributed by atoms with Gasteiger partial charge in [0.2, 0.25) is 5.91 Å². The number of rotatable bonds is 9. The van der Waals surface area contributed by atoms with Crippen molar-refractivity contribution in [3.63, 3.8) is 0 Å². The summed E-state index contributed by atoms with van der Waals surface area (Å²) in [5.74, 6) is 1.92. The molecule has 1 aromatic heterocycles. The Morgan fingerprint density at radius 2 is 1.66 bits per heavy atom. The molecule has 0 aliphatic carbocycles. The van der Waals surface area contributed by atoms with Crippen LogP contribution in [0.3, 0.4) is 0 Å². The van der Waals surface area contributed by atoms with Crippen molar-refractivity contribution in [2.45, 2.75) is 19.6 Å². The lowest BCUT2D eigenvalue weighted by Gasteiger charge is -2.36. The summed E-state index contributed by atoms with van der Waals surface area (Å²) in [6, 6.07) is 22.3. The molecule has 32 heavy (non-hydrogen) atoms. The topological polar surface area (TPSA) is 49.2 Å². The second-order valence-corrected chi connectivity index (χ2v) is 8.22. The van der Waals surface area contributed by atoms with E-state index in [2.05, 4.69) is 34.1 Å². The van der Waals surface area contributed by atoms with Gasteiger partial charge in [0.05, 0.1) is 26.5 Å². The van der Waals surface area contributed by atoms with Gasteiger partial charge in [0, 0.05) is 39.3 Å². The summed E-state index contributed by atoms with van der Waals surface area (Å²) in [7, 11) is 1.68. The fourth-order valence-corrected chi connectivity index (χ4v) is 4.07. The molecule has 1 fully saturated rings. The van der Waals surface area contributed by atoms with E-state index in [1.165, 1.54) is 11.1 Å². The molecule has 0 N–H and O–H groups in total. The number of nitrogens with zero attached hydrogens (tertiary/aromatic N) is 3. The number of benzene rings is 2. The minimum Gasteiger partial charge on any atom is -0.497 e. The molecule has 0 radical (unpaired) electrons. The number of ether oxygens (including phenoxy) is 1. The van der Waals surface area contributed by atoms with Crippen molar-refractivity contribution >= 4 is 5.91 Å². The predicted molar refractivity (Wildman–Crippen MR) is 124 cm³/mol. The summed E-state index contributed by atoms with van der Waals surface area (Å²) in [6.45, 7) is 5.89. The highest BCUT2D eigenvalue weighted by molar-refractivity contribution is 5.78. The molecular weight excluding hydrogens is 402 g/mol. The highest BCUT2D eigenvalue weighted by Gasteiger charge is 2.23. The largest absolute Gasteiger partial charge is 0.497 e. The fourth-order valence-electron chi connectivity index (χ4n) is 4.07. The number of hydrogen-bond donors (Lipinski definition) is 0. The van der Waals surface area contributed by atoms with Gasteiger partial charge in [-0.3, -0.25) is 14.6 Å². The van der Waals surface area contributed by atoms with Crippen LogP contribution in [0.25, 0.3) is 0 Å². The van der Waals surface area contributed by atoms with Crippen molar-refractivity contribution in [1.29, 1.82) is 0 Å². The summed E-state index contributed by atoms with van der Waals surface area (Å²) >= 11 is 0. The van der Waals surface area contributed by atoms with Gasteiger partial charge in [0.15, 0.2) is 0 Å². The standard InChI is InChI=1S/C26H31N3O3/c1-31-24-11-9-23(10-12-24)18-27-13-15-29(16-14-27)26(30)21-28(20-25-8-5-17-32-25)19-22-6-3-2-4-7-22/h2-12,17H,13-16,18-21H2,1H3. The van der Waals surface area contributed by atoms with Crippen LogP contribution in [0.2, 0.25) is 0 Å². The number of carbonyl (C=O) groups excluding carboxylic acids is 1. The highest BCUT2D eigenvalue weighted by Crippen LogP contribution is 2.15. The van der Waals surface area contributed by atoms with E-state index in [-0.39, 0.29) is 5.91 Å². The molecule has 168 valence electrons. The maximum Gasteiger partial charge on any atom is 0.236 e. The zero-order valence-electron chi connectivity index (χ0n) is 18.7. The second kappa shape index (κ2) is 11.0. The van der Waals surface area contributed by atoms with Crippen LogP contribution in [0.1, 0.15) is 16.9 Å². The maximum absolute atomic E-state index is 13.1. The Balaban J connectivity index is 1.30. The third-order valence-corrected chi connectivity index (χ3v) is 5.86. The van der Waals surface area contributed by atoms with Crippen LogP contribution >= 0.6 is 0 Å². The van der Waals surface area contributed by atoms with Crippen LogP contribution in [-0.2, 0) is 24.4 Å². The molecule has 0 spiro atoms. The van der Waals surface area contributed by atoms with Crippen molar-refractivity contribution in [2.24, 2.45) is 0 Å². The monoisotopic (exact) mass is 433 g/mol. The summed E-state index contributed by atoms with van der Waals surface area (Å²) < 4.78 is 10.8. The van der Waals surface area contributed by atoms with Crippen LogP contribution in [0.4, 0.5) is 0 Å². The Hall–Kier alpha value is -3.09. The van der Waals surface area contributed by atoms with E-state index in [1.54, 1.807) is 13.4 Å². The molecule has 0 saturated carbocycles. The van der Waals surface area contributed by atoms with Gasteiger partial charge in [-0.2, -0.15) is 0 Å². The lowest BCUT2D eigenvalue weighted by atomic mass is 10.2. The molecule has 3 aromatic rings. The predicted octanol–water partition coefficient (Wildman–Crippen LogP) is 3.63. The summed E-state index contributed by atoms with van der Waals surface area (Å²) in [5.41, 5.74) is 2.45. The zero-order valence-corrected chi connectivity index (χ0v) is 18.7. The molecule has 2 aromatic carbocycles. The second-order valence-electron chi connectivity index (χ2n) is 8.22. The van der Waals surface area contributed by atoms with Crippen molar-refractivity contribution in [3.8, 4) is 5.75 Å². The van der Waals surface area contributed by atoms with Gasteiger partial charge in [0.25, 0.3) is 0 Å². The molecule has 1 amide bonds. The first-order valence-electron chi connectivity index (χ1n) is 11.1. The Labute approximate surface area is 190 Å². The van der Waals surface area contributed by atoms with E-state index in [9.17, 15) is 4.79 Å². The third kappa shape index (κ3) is 6.22. The molecule has 0 atom stereocenters. The van der Waals surface area contributed by atoms with Crippen molar-refractivity contribution in [3.05, 3.63) is 89.9 Å². The van der Waals surface area contributed by atoms with Gasteiger partial charge >= 0.3 is 0 Å². The van der Waals surface area contributed by atoms with E-state index < -0.39 is 0 Å². The SMILES string of the molecule is COc1ccc(CN2CCN(C(=O)CN(Cc3ccccc3)Cc3ccco3)CC2)cc1. The van der Waals surface area contributed by atoms with E-state index in [0.29, 0.717) is 19.6 Å². The number of carbonyl (C=O) groups is 1. The summed E-state index contributed by atoms with van der Waals surface area (Å²) in [5, 5.41) is 0. The molecule has 0 unspecified atom stereocenters. The molecule has 6 heteroatoms. The Kier molecular flexibility index (Phi) is 7.59. The first kappa shape index (κ1) is 22.1. The average Bonchev–Trinajstić information content (AvgIpc) is 3.34. The number of methoxy groups -OCH3 is 1. The van der Waals surface area contributed by atoms with Crippen LogP contribution < -0.4 is 4.74 Å². The number of furan rings is 1. The van der Waals surface area contributed by atoms with E-state index >= 15 is 0 Å². The van der Waals surface area contributed by atoms with Gasteiger partial charge in [-0.05, 0) is 35.4 Å². The lowest BCUT2D eigenvalue weighted by Crippen LogP contribution is -2.50. The summed E-state index contributed by atoms with van der Waals surface area (Å²) in [4.78, 5) is 19.6. The van der Waals surface area contributed by atoms with Gasteiger partial charge in [-0.25, -0.2) is 0 Å². The van der Waals surface area contributed by atoms with Gasteiger partial charge in [-0.1, -0.05) is 42.5 Å². The van der Waals surface area contributed by atoms with Gasteiger partial charge in [0.1, 0.15) is 11.5 Å². The first-order chi connectivity index (χ1) is 15.7. The van der Waals surface area contributed by atoms with Crippen LogP contribution in [-0.4, -0.2) is 60.4 Å². The quantitative estimate of drug-likeness (QED) is 0.516. The van der Waals surface area contributed by atoms with Crippen molar-refractivity contribution < 1.29 is 13.9 Å². The molecule has 2 heterocycles. The van der Waals surface area contributed by atoms with Crippen LogP contribution in [0, 0.1) is 0 Å². The summed E-state index contributed by atoms with van der Waals surface area (Å²) in [6.07, 6.45) is 1.68. The van der Waals surface area contributed by atoms with E-state index in [0.717, 1.165) is 44.2 Å². The van der Waals surface area contributed by atoms with Gasteiger partial charge < -0.3 is 14.1 Å². The maximum atomic E-state index is 13.1.